The molecule has 0 radical (unpaired) electrons. The van der Waals surface area contributed by atoms with E-state index >= 15 is 0 Å². The van der Waals surface area contributed by atoms with Crippen molar-refractivity contribution in [2.45, 2.75) is 48.0 Å². The Morgan fingerprint density at radius 1 is 1.23 bits per heavy atom. The van der Waals surface area contributed by atoms with Crippen molar-refractivity contribution in [3.8, 4) is 0 Å². The monoisotopic (exact) mass is 297 g/mol. The number of nitrogens with zero attached hydrogens (tertiary/aromatic N) is 1. The van der Waals surface area contributed by atoms with Crippen LogP contribution in [0.3, 0.4) is 0 Å². The number of benzene rings is 1. The summed E-state index contributed by atoms with van der Waals surface area (Å²) in [5.41, 5.74) is 3.07. The number of aromatic nitrogens is 1. The zero-order chi connectivity index (χ0) is 16.7. The summed E-state index contributed by atoms with van der Waals surface area (Å²) in [6.45, 7) is 12.0. The van der Waals surface area contributed by atoms with Gasteiger partial charge in [0.25, 0.3) is 5.56 Å². The normalized spacial score (nSPS) is 11.6. The lowest BCUT2D eigenvalue weighted by Crippen LogP contribution is -2.23. The predicted octanol–water partition coefficient (Wildman–Crippen LogP) is 5.34. The molecule has 2 rings (SSSR count). The fourth-order valence-electron chi connectivity index (χ4n) is 2.60. The molecule has 1 aromatic carbocycles. The first-order valence-electron chi connectivity index (χ1n) is 8.07. The SMILES string of the molecule is C/C=C\C(=C/C)n1c(CC)cc2cccc(C)c2c1=O.CC. The maximum atomic E-state index is 12.9. The van der Waals surface area contributed by atoms with E-state index in [9.17, 15) is 4.79 Å². The standard InChI is InChI=1S/C18H21NO.C2H6/c1-5-9-15(6-2)19-16(7-3)12-14-11-8-10-13(4)17(14)18(19)20;1-2/h5-6,8-12H,7H2,1-4H3;1-2H3/b9-5-,15-6+;. The maximum Gasteiger partial charge on any atom is 0.263 e. The van der Waals surface area contributed by atoms with Crippen LogP contribution in [0.4, 0.5) is 0 Å². The number of fused-ring (bicyclic) bond motifs is 1. The largest absolute Gasteiger partial charge is 0.281 e. The number of pyridine rings is 1. The van der Waals surface area contributed by atoms with E-state index in [-0.39, 0.29) is 5.56 Å². The van der Waals surface area contributed by atoms with Crippen LogP contribution in [0.25, 0.3) is 16.5 Å². The first-order chi connectivity index (χ1) is 10.6. The van der Waals surface area contributed by atoms with Crippen LogP contribution in [0, 0.1) is 6.92 Å². The number of hydrogen-bond donors (Lipinski definition) is 0. The molecule has 118 valence electrons. The van der Waals surface area contributed by atoms with E-state index in [1.54, 1.807) is 0 Å². The minimum atomic E-state index is 0.0728. The minimum Gasteiger partial charge on any atom is -0.281 e. The number of hydrogen-bond acceptors (Lipinski definition) is 1. The smallest absolute Gasteiger partial charge is 0.263 e. The molecule has 0 saturated carbocycles. The van der Waals surface area contributed by atoms with Crippen LogP contribution in [0.5, 0.6) is 0 Å². The fraction of sp³-hybridized carbons (Fsp3) is 0.350. The molecule has 0 aliphatic rings. The van der Waals surface area contributed by atoms with Gasteiger partial charge in [-0.2, -0.15) is 0 Å². The van der Waals surface area contributed by atoms with E-state index in [4.69, 9.17) is 0 Å². The van der Waals surface area contributed by atoms with Gasteiger partial charge in [-0.1, -0.05) is 51.1 Å². The Labute approximate surface area is 133 Å². The summed E-state index contributed by atoms with van der Waals surface area (Å²) in [4.78, 5) is 12.9. The van der Waals surface area contributed by atoms with E-state index in [0.29, 0.717) is 0 Å². The van der Waals surface area contributed by atoms with E-state index in [2.05, 4.69) is 13.0 Å². The zero-order valence-electron chi connectivity index (χ0n) is 14.6. The highest BCUT2D eigenvalue weighted by molar-refractivity contribution is 5.86. The molecule has 0 bridgehead atoms. The Morgan fingerprint density at radius 2 is 1.91 bits per heavy atom. The molecule has 1 aromatic heterocycles. The van der Waals surface area contributed by atoms with Gasteiger partial charge in [0.2, 0.25) is 0 Å². The molecule has 0 aliphatic heterocycles. The van der Waals surface area contributed by atoms with Gasteiger partial charge in [0.1, 0.15) is 0 Å². The Kier molecular flexibility index (Phi) is 6.84. The zero-order valence-corrected chi connectivity index (χ0v) is 14.6. The molecule has 0 fully saturated rings. The van der Waals surface area contributed by atoms with Crippen molar-refractivity contribution < 1.29 is 0 Å². The molecule has 1 heterocycles. The minimum absolute atomic E-state index is 0.0728. The average Bonchev–Trinajstić information content (AvgIpc) is 2.54. The summed E-state index contributed by atoms with van der Waals surface area (Å²) in [5.74, 6) is 0. The molecule has 0 amide bonds. The Hall–Kier alpha value is -2.09. The summed E-state index contributed by atoms with van der Waals surface area (Å²) < 4.78 is 1.83. The fourth-order valence-corrected chi connectivity index (χ4v) is 2.60. The molecule has 0 N–H and O–H groups in total. The van der Waals surface area contributed by atoms with Crippen LogP contribution in [-0.2, 0) is 6.42 Å². The molecule has 2 nitrogen and oxygen atoms in total. The Bertz CT molecular complexity index is 748. The van der Waals surface area contributed by atoms with Crippen LogP contribution in [0.1, 0.15) is 45.9 Å². The summed E-state index contributed by atoms with van der Waals surface area (Å²) >= 11 is 0. The van der Waals surface area contributed by atoms with Gasteiger partial charge >= 0.3 is 0 Å². The summed E-state index contributed by atoms with van der Waals surface area (Å²) in [7, 11) is 0. The number of allylic oxidation sites excluding steroid dienone is 4. The van der Waals surface area contributed by atoms with Crippen LogP contribution < -0.4 is 5.56 Å². The molecule has 0 unspecified atom stereocenters. The highest BCUT2D eigenvalue weighted by Crippen LogP contribution is 2.19. The lowest BCUT2D eigenvalue weighted by molar-refractivity contribution is 0.909. The molecule has 2 heteroatoms. The Balaban J connectivity index is 0.00000116. The Morgan fingerprint density at radius 3 is 2.45 bits per heavy atom. The maximum absolute atomic E-state index is 12.9. The molecule has 2 aromatic rings. The topological polar surface area (TPSA) is 22.0 Å². The third-order valence-electron chi connectivity index (χ3n) is 3.58. The lowest BCUT2D eigenvalue weighted by atomic mass is 10.1. The highest BCUT2D eigenvalue weighted by Gasteiger charge is 2.11. The van der Waals surface area contributed by atoms with E-state index in [1.807, 2.05) is 75.6 Å². The average molecular weight is 297 g/mol. The predicted molar refractivity (Wildman–Crippen MR) is 98.4 cm³/mol. The molecule has 22 heavy (non-hydrogen) atoms. The van der Waals surface area contributed by atoms with Gasteiger partial charge in [-0.05, 0) is 50.3 Å². The van der Waals surface area contributed by atoms with Gasteiger partial charge in [-0.3, -0.25) is 9.36 Å². The number of rotatable bonds is 3. The van der Waals surface area contributed by atoms with Crippen molar-refractivity contribution in [3.05, 3.63) is 64.1 Å². The molecular formula is C20H27NO. The second-order valence-electron chi connectivity index (χ2n) is 4.88. The van der Waals surface area contributed by atoms with Crippen LogP contribution in [0.15, 0.2) is 47.3 Å². The second kappa shape index (κ2) is 8.38. The van der Waals surface area contributed by atoms with Gasteiger partial charge in [0.05, 0.1) is 5.39 Å². The van der Waals surface area contributed by atoms with Crippen molar-refractivity contribution in [2.75, 3.05) is 0 Å². The molecular weight excluding hydrogens is 270 g/mol. The van der Waals surface area contributed by atoms with E-state index in [0.717, 1.165) is 34.1 Å². The highest BCUT2D eigenvalue weighted by atomic mass is 16.1. The molecule has 0 atom stereocenters. The molecule has 0 spiro atoms. The van der Waals surface area contributed by atoms with Crippen molar-refractivity contribution in [1.82, 2.24) is 4.57 Å². The first-order valence-corrected chi connectivity index (χ1v) is 8.07. The first kappa shape index (κ1) is 18.0. The van der Waals surface area contributed by atoms with Gasteiger partial charge in [0.15, 0.2) is 0 Å². The van der Waals surface area contributed by atoms with Gasteiger partial charge in [-0.15, -0.1) is 0 Å². The van der Waals surface area contributed by atoms with Crippen LogP contribution in [-0.4, -0.2) is 4.57 Å². The van der Waals surface area contributed by atoms with E-state index < -0.39 is 0 Å². The van der Waals surface area contributed by atoms with Gasteiger partial charge < -0.3 is 0 Å². The summed E-state index contributed by atoms with van der Waals surface area (Å²) in [5, 5.41) is 1.84. The molecule has 0 saturated heterocycles. The second-order valence-corrected chi connectivity index (χ2v) is 4.88. The van der Waals surface area contributed by atoms with E-state index in [1.165, 1.54) is 0 Å². The van der Waals surface area contributed by atoms with Crippen LogP contribution >= 0.6 is 0 Å². The van der Waals surface area contributed by atoms with Crippen molar-refractivity contribution in [1.29, 1.82) is 0 Å². The number of aryl methyl sites for hydroxylation is 2. The van der Waals surface area contributed by atoms with Gasteiger partial charge in [-0.25, -0.2) is 0 Å². The quantitative estimate of drug-likeness (QED) is 0.701. The third kappa shape index (κ3) is 3.38. The van der Waals surface area contributed by atoms with Gasteiger partial charge in [0, 0.05) is 11.4 Å². The lowest BCUT2D eigenvalue weighted by Gasteiger charge is -2.15. The van der Waals surface area contributed by atoms with Crippen LogP contribution in [0.2, 0.25) is 0 Å². The van der Waals surface area contributed by atoms with Crippen molar-refractivity contribution in [3.63, 3.8) is 0 Å². The molecule has 0 aliphatic carbocycles. The summed E-state index contributed by atoms with van der Waals surface area (Å²) in [6.07, 6.45) is 6.74. The third-order valence-corrected chi connectivity index (χ3v) is 3.58. The summed E-state index contributed by atoms with van der Waals surface area (Å²) in [6, 6.07) is 8.13. The van der Waals surface area contributed by atoms with Crippen molar-refractivity contribution in [2.24, 2.45) is 0 Å². The van der Waals surface area contributed by atoms with Crippen molar-refractivity contribution >= 4 is 16.5 Å².